The van der Waals surface area contributed by atoms with Gasteiger partial charge in [0.25, 0.3) is 0 Å². The van der Waals surface area contributed by atoms with Gasteiger partial charge in [-0.15, -0.1) is 0 Å². The van der Waals surface area contributed by atoms with Crippen LogP contribution in [-0.2, 0) is 34.9 Å². The molecule has 2 heterocycles. The summed E-state index contributed by atoms with van der Waals surface area (Å²) in [5, 5.41) is 5.77. The molecule has 13 nitrogen and oxygen atoms in total. The lowest BCUT2D eigenvalue weighted by molar-refractivity contribution is -0.149. The summed E-state index contributed by atoms with van der Waals surface area (Å²) in [5.41, 5.74) is 5.59. The Bertz CT molecular complexity index is 1130. The van der Waals surface area contributed by atoms with E-state index >= 15 is 0 Å². The van der Waals surface area contributed by atoms with Gasteiger partial charge in [0, 0.05) is 6.61 Å². The lowest BCUT2D eigenvalue weighted by atomic mass is 10.1. The molecular weight excluding hydrogens is 537 g/mol. The fourth-order valence-electron chi connectivity index (χ4n) is 3.87. The molecule has 0 aliphatic carbocycles. The highest BCUT2D eigenvalue weighted by Gasteiger charge is 2.39. The van der Waals surface area contributed by atoms with Gasteiger partial charge in [0.05, 0.1) is 38.2 Å². The summed E-state index contributed by atoms with van der Waals surface area (Å²) in [6, 6.07) is -0.880. The molecule has 2 aromatic rings. The SMILES string of the molecule is CCCCCCOC(=O)C(C)(C)N[P@@](=O)(CO[C@H](C)Cn1cnc2c(N)ncnc21)N[C@@H](C=O)COCC(C)C. The maximum Gasteiger partial charge on any atom is 0.326 e. The molecule has 0 saturated carbocycles. The van der Waals surface area contributed by atoms with Crippen molar-refractivity contribution in [2.24, 2.45) is 5.92 Å². The Labute approximate surface area is 236 Å². The molecule has 0 radical (unpaired) electrons. The van der Waals surface area contributed by atoms with Crippen molar-refractivity contribution in [3.05, 3.63) is 12.7 Å². The first-order chi connectivity index (χ1) is 18.9. The second-order valence-electron chi connectivity index (χ2n) is 10.9. The second-order valence-corrected chi connectivity index (χ2v) is 13.1. The fourth-order valence-corrected chi connectivity index (χ4v) is 6.21. The molecule has 40 heavy (non-hydrogen) atoms. The van der Waals surface area contributed by atoms with Crippen molar-refractivity contribution in [3.63, 3.8) is 0 Å². The van der Waals surface area contributed by atoms with Crippen LogP contribution >= 0.6 is 7.44 Å². The van der Waals surface area contributed by atoms with E-state index < -0.39 is 31.1 Å². The summed E-state index contributed by atoms with van der Waals surface area (Å²) >= 11 is 0. The lowest BCUT2D eigenvalue weighted by Crippen LogP contribution is -2.50. The van der Waals surface area contributed by atoms with Gasteiger partial charge in [0.2, 0.25) is 7.44 Å². The third-order valence-corrected chi connectivity index (χ3v) is 8.09. The van der Waals surface area contributed by atoms with Gasteiger partial charge in [-0.1, -0.05) is 40.0 Å². The topological polar surface area (TPSA) is 173 Å². The zero-order valence-electron chi connectivity index (χ0n) is 24.6. The molecule has 0 fully saturated rings. The highest BCUT2D eigenvalue weighted by molar-refractivity contribution is 7.59. The predicted octanol–water partition coefficient (Wildman–Crippen LogP) is 3.29. The maximum absolute atomic E-state index is 14.2. The number of aldehydes is 1. The van der Waals surface area contributed by atoms with E-state index in [2.05, 4.69) is 32.1 Å². The van der Waals surface area contributed by atoms with E-state index in [-0.39, 0.29) is 31.3 Å². The summed E-state index contributed by atoms with van der Waals surface area (Å²) in [6.07, 6.45) is 6.69. The maximum atomic E-state index is 14.2. The molecule has 14 heteroatoms. The van der Waals surface area contributed by atoms with Gasteiger partial charge in [-0.3, -0.25) is 9.36 Å². The number of rotatable bonds is 20. The van der Waals surface area contributed by atoms with Gasteiger partial charge in [-0.25, -0.2) is 25.1 Å². The number of nitrogens with zero attached hydrogens (tertiary/aromatic N) is 4. The molecule has 2 rings (SSSR count). The number of fused-ring (bicyclic) bond motifs is 1. The molecule has 0 aromatic carbocycles. The van der Waals surface area contributed by atoms with Crippen molar-refractivity contribution < 1.29 is 28.4 Å². The molecule has 226 valence electrons. The van der Waals surface area contributed by atoms with Crippen LogP contribution in [0.1, 0.15) is 67.2 Å². The summed E-state index contributed by atoms with van der Waals surface area (Å²) in [5.74, 6) is 0.00144. The smallest absolute Gasteiger partial charge is 0.326 e. The zero-order chi connectivity index (χ0) is 29.8. The third-order valence-electron chi connectivity index (χ3n) is 5.91. The third kappa shape index (κ3) is 10.9. The summed E-state index contributed by atoms with van der Waals surface area (Å²) in [7, 11) is -3.69. The highest BCUT2D eigenvalue weighted by Crippen LogP contribution is 2.40. The molecule has 0 amide bonds. The van der Waals surface area contributed by atoms with Crippen LogP contribution in [0.3, 0.4) is 0 Å². The number of carbonyl (C=O) groups excluding carboxylic acids is 2. The number of nitrogens with two attached hydrogens (primary N) is 1. The number of hydrogen-bond donors (Lipinski definition) is 3. The van der Waals surface area contributed by atoms with Crippen molar-refractivity contribution in [1.29, 1.82) is 0 Å². The minimum atomic E-state index is -3.69. The predicted molar refractivity (Wildman–Crippen MR) is 154 cm³/mol. The van der Waals surface area contributed by atoms with Crippen LogP contribution in [-0.4, -0.2) is 75.6 Å². The summed E-state index contributed by atoms with van der Waals surface area (Å²) < 4.78 is 32.9. The van der Waals surface area contributed by atoms with E-state index in [4.69, 9.17) is 19.9 Å². The zero-order valence-corrected chi connectivity index (χ0v) is 25.5. The number of nitrogen functional groups attached to an aromatic ring is 1. The number of carbonyl (C=O) groups is 2. The van der Waals surface area contributed by atoms with Crippen molar-refractivity contribution in [2.45, 2.75) is 91.5 Å². The molecule has 3 atom stereocenters. The van der Waals surface area contributed by atoms with Crippen LogP contribution in [0.25, 0.3) is 11.2 Å². The van der Waals surface area contributed by atoms with E-state index in [0.717, 1.165) is 25.7 Å². The molecular formula is C26H46N7O6P. The van der Waals surface area contributed by atoms with E-state index in [9.17, 15) is 14.2 Å². The molecule has 4 N–H and O–H groups in total. The first kappa shape index (κ1) is 33.8. The van der Waals surface area contributed by atoms with Gasteiger partial charge in [-0.05, 0) is 33.1 Å². The Hall–Kier alpha value is -2.44. The van der Waals surface area contributed by atoms with Gasteiger partial charge >= 0.3 is 5.97 Å². The monoisotopic (exact) mass is 583 g/mol. The first-order valence-electron chi connectivity index (χ1n) is 13.8. The Morgan fingerprint density at radius 2 is 1.93 bits per heavy atom. The summed E-state index contributed by atoms with van der Waals surface area (Å²) in [4.78, 5) is 37.1. The van der Waals surface area contributed by atoms with Crippen molar-refractivity contribution in [3.8, 4) is 0 Å². The number of imidazole rings is 1. The van der Waals surface area contributed by atoms with Crippen LogP contribution in [0.4, 0.5) is 5.82 Å². The standard InChI is InChI=1S/C26H46N7O6P/c1-7-8-9-10-11-38-25(35)26(5,6)32-40(36,31-21(13-34)15-37-14-19(2)3)18-39-20(4)12-33-17-30-22-23(27)28-16-29-24(22)33/h13,16-17,19-21H,7-12,14-15,18H2,1-6H3,(H2,27,28,29)(H2,31,32,36)/t20-,21+,40-/m1/s1. The van der Waals surface area contributed by atoms with Crippen LogP contribution in [0.2, 0.25) is 0 Å². The Balaban J connectivity index is 2.11. The van der Waals surface area contributed by atoms with Gasteiger partial charge in [-0.2, -0.15) is 0 Å². The number of hydrogen-bond acceptors (Lipinski definition) is 10. The van der Waals surface area contributed by atoms with Gasteiger partial charge in [0.1, 0.15) is 30.0 Å². The first-order valence-corrected chi connectivity index (χ1v) is 15.7. The van der Waals surface area contributed by atoms with E-state index in [0.29, 0.717) is 30.6 Å². The van der Waals surface area contributed by atoms with Crippen LogP contribution in [0.15, 0.2) is 12.7 Å². The van der Waals surface area contributed by atoms with Crippen molar-refractivity contribution in [1.82, 2.24) is 29.7 Å². The van der Waals surface area contributed by atoms with E-state index in [1.165, 1.54) is 6.33 Å². The van der Waals surface area contributed by atoms with Gasteiger partial charge in [0.15, 0.2) is 11.5 Å². The molecule has 0 bridgehead atoms. The normalized spacial score (nSPS) is 15.2. The molecule has 0 aliphatic rings. The average molecular weight is 584 g/mol. The number of nitrogens with one attached hydrogen (secondary N) is 2. The quantitative estimate of drug-likeness (QED) is 0.0900. The minimum absolute atomic E-state index is 0.0212. The summed E-state index contributed by atoms with van der Waals surface area (Å²) in [6.45, 7) is 12.2. The van der Waals surface area contributed by atoms with Crippen molar-refractivity contribution >= 4 is 36.7 Å². The van der Waals surface area contributed by atoms with Crippen LogP contribution < -0.4 is 15.9 Å². The Morgan fingerprint density at radius 1 is 1.18 bits per heavy atom. The molecule has 0 unspecified atom stereocenters. The molecule has 0 spiro atoms. The molecule has 2 aromatic heterocycles. The highest BCUT2D eigenvalue weighted by atomic mass is 31.2. The molecule has 0 aliphatic heterocycles. The van der Waals surface area contributed by atoms with Crippen molar-refractivity contribution in [2.75, 3.05) is 31.9 Å². The number of ether oxygens (including phenoxy) is 3. The number of anilines is 1. The molecule has 0 saturated heterocycles. The van der Waals surface area contributed by atoms with Crippen LogP contribution in [0, 0.1) is 5.92 Å². The largest absolute Gasteiger partial charge is 0.464 e. The van der Waals surface area contributed by atoms with Crippen LogP contribution in [0.5, 0.6) is 0 Å². The Kier molecular flexibility index (Phi) is 13.6. The fraction of sp³-hybridized carbons (Fsp3) is 0.731. The van der Waals surface area contributed by atoms with E-state index in [1.54, 1.807) is 31.7 Å². The van der Waals surface area contributed by atoms with E-state index in [1.807, 2.05) is 13.8 Å². The lowest BCUT2D eigenvalue weighted by Gasteiger charge is -2.32. The van der Waals surface area contributed by atoms with Gasteiger partial charge < -0.3 is 29.3 Å². The number of esters is 1. The average Bonchev–Trinajstić information content (AvgIpc) is 3.30. The number of aromatic nitrogens is 4. The number of unbranched alkanes of at least 4 members (excludes halogenated alkanes) is 3. The Morgan fingerprint density at radius 3 is 2.60 bits per heavy atom. The second kappa shape index (κ2) is 16.1. The minimum Gasteiger partial charge on any atom is -0.464 e.